The van der Waals surface area contributed by atoms with Gasteiger partial charge in [-0.15, -0.1) is 0 Å². The van der Waals surface area contributed by atoms with Crippen LogP contribution in [0.5, 0.6) is 0 Å². The van der Waals surface area contributed by atoms with E-state index in [9.17, 15) is 10.5 Å². The standard InChI is InChI=1S/C66H44N4O2/c1-65(2)53-35-43(69(41-27-23-39(37-67)24-28-41)55-19-11-17-50-46-14-7-9-21-58(46)71-63(50)55)31-32-44(53)49-33-34-52-60-48-16-6-5-13-45(48)57(36-54(60)66(3,4)62(52)61(49)65)70(42-29-25-40(38-68)26-30-42)56-20-12-18-51-47-15-8-10-22-59(47)72-64(51)56/h5-36H,1-4H3. The van der Waals surface area contributed by atoms with Gasteiger partial charge < -0.3 is 18.6 Å². The van der Waals surface area contributed by atoms with Crippen LogP contribution in [0.25, 0.3) is 76.9 Å². The molecule has 0 saturated carbocycles. The van der Waals surface area contributed by atoms with Crippen LogP contribution in [0.2, 0.25) is 0 Å². The topological polar surface area (TPSA) is 80.3 Å². The van der Waals surface area contributed by atoms with E-state index < -0.39 is 10.8 Å². The molecule has 0 radical (unpaired) electrons. The highest BCUT2D eigenvalue weighted by molar-refractivity contribution is 6.15. The summed E-state index contributed by atoms with van der Waals surface area (Å²) in [5.74, 6) is 0. The molecule has 0 amide bonds. The number of nitriles is 2. The van der Waals surface area contributed by atoms with Crippen molar-refractivity contribution in [1.29, 1.82) is 10.5 Å². The maximum atomic E-state index is 9.89. The third-order valence-electron chi connectivity index (χ3n) is 15.6. The largest absolute Gasteiger partial charge is 0.454 e. The smallest absolute Gasteiger partial charge is 0.159 e. The zero-order valence-electron chi connectivity index (χ0n) is 40.1. The first-order chi connectivity index (χ1) is 35.1. The average Bonchev–Trinajstić information content (AvgIpc) is 4.13. The Kier molecular flexibility index (Phi) is 8.71. The predicted molar refractivity (Wildman–Crippen MR) is 292 cm³/mol. The van der Waals surface area contributed by atoms with Crippen LogP contribution in [0.4, 0.5) is 34.1 Å². The van der Waals surface area contributed by atoms with Crippen molar-refractivity contribution in [3.63, 3.8) is 0 Å². The highest BCUT2D eigenvalue weighted by Gasteiger charge is 2.47. The van der Waals surface area contributed by atoms with Gasteiger partial charge in [0.25, 0.3) is 0 Å². The van der Waals surface area contributed by atoms with Crippen LogP contribution < -0.4 is 9.80 Å². The van der Waals surface area contributed by atoms with Gasteiger partial charge >= 0.3 is 0 Å². The van der Waals surface area contributed by atoms with Gasteiger partial charge in [0.1, 0.15) is 11.2 Å². The van der Waals surface area contributed by atoms with Gasteiger partial charge in [-0.3, -0.25) is 0 Å². The van der Waals surface area contributed by atoms with Crippen molar-refractivity contribution in [2.24, 2.45) is 0 Å². The molecule has 0 aliphatic heterocycles. The van der Waals surface area contributed by atoms with E-state index in [0.717, 1.165) is 83.4 Å². The SMILES string of the molecule is CC1(C)c2cc(N(c3ccc(C#N)cc3)c3cccc4c3oc3ccccc34)ccc2-c2ccc3c(c21)C(C)(C)c1cc(N(c2ccc(C#N)cc2)c2cccc4c2oc2ccccc24)c2ccccc2c1-3. The van der Waals surface area contributed by atoms with Gasteiger partial charge in [0.2, 0.25) is 0 Å². The lowest BCUT2D eigenvalue weighted by atomic mass is 9.72. The van der Waals surface area contributed by atoms with Gasteiger partial charge in [-0.1, -0.05) is 131 Å². The van der Waals surface area contributed by atoms with Crippen molar-refractivity contribution < 1.29 is 8.83 Å². The zero-order chi connectivity index (χ0) is 48.6. The van der Waals surface area contributed by atoms with Gasteiger partial charge in [-0.25, -0.2) is 0 Å². The molecular formula is C66H44N4O2. The number of hydrogen-bond acceptors (Lipinski definition) is 6. The van der Waals surface area contributed by atoms with E-state index in [4.69, 9.17) is 8.83 Å². The minimum Gasteiger partial charge on any atom is -0.454 e. The highest BCUT2D eigenvalue weighted by Crippen LogP contribution is 2.62. The van der Waals surface area contributed by atoms with Gasteiger partial charge in [-0.2, -0.15) is 10.5 Å². The molecule has 0 unspecified atom stereocenters. The number of para-hydroxylation sites is 4. The first-order valence-electron chi connectivity index (χ1n) is 24.4. The lowest BCUT2D eigenvalue weighted by Gasteiger charge is -2.32. The number of rotatable bonds is 6. The van der Waals surface area contributed by atoms with Crippen LogP contribution >= 0.6 is 0 Å². The summed E-state index contributed by atoms with van der Waals surface area (Å²) in [7, 11) is 0. The van der Waals surface area contributed by atoms with Crippen molar-refractivity contribution in [3.05, 3.63) is 228 Å². The lowest BCUT2D eigenvalue weighted by Crippen LogP contribution is -2.24. The summed E-state index contributed by atoms with van der Waals surface area (Å²) in [6.07, 6.45) is 0. The highest BCUT2D eigenvalue weighted by atomic mass is 16.3. The third kappa shape index (κ3) is 5.75. The van der Waals surface area contributed by atoms with E-state index in [0.29, 0.717) is 11.1 Å². The molecule has 14 rings (SSSR count). The van der Waals surface area contributed by atoms with Crippen molar-refractivity contribution in [3.8, 4) is 34.4 Å². The predicted octanol–water partition coefficient (Wildman–Crippen LogP) is 17.9. The van der Waals surface area contributed by atoms with Crippen LogP contribution in [-0.2, 0) is 10.8 Å². The fourth-order valence-corrected chi connectivity index (χ4v) is 12.4. The lowest BCUT2D eigenvalue weighted by molar-refractivity contribution is 0.601. The first kappa shape index (κ1) is 41.6. The maximum absolute atomic E-state index is 9.89. The van der Waals surface area contributed by atoms with E-state index in [2.05, 4.69) is 171 Å². The Morgan fingerprint density at radius 3 is 1.43 bits per heavy atom. The molecule has 10 aromatic carbocycles. The van der Waals surface area contributed by atoms with Crippen LogP contribution in [0.1, 0.15) is 61.1 Å². The Balaban J connectivity index is 0.951. The number of benzene rings is 10. The van der Waals surface area contributed by atoms with Gasteiger partial charge in [0.15, 0.2) is 11.2 Å². The van der Waals surface area contributed by atoms with Crippen molar-refractivity contribution >= 4 is 88.8 Å². The zero-order valence-corrected chi connectivity index (χ0v) is 40.1. The summed E-state index contributed by atoms with van der Waals surface area (Å²) >= 11 is 0. The Morgan fingerprint density at radius 2 is 0.833 bits per heavy atom. The van der Waals surface area contributed by atoms with Gasteiger partial charge in [0, 0.05) is 54.8 Å². The Morgan fingerprint density at radius 1 is 0.375 bits per heavy atom. The number of hydrogen-bond donors (Lipinski definition) is 0. The van der Waals surface area contributed by atoms with E-state index in [1.807, 2.05) is 72.8 Å². The second-order valence-electron chi connectivity index (χ2n) is 20.2. The molecule has 0 saturated heterocycles. The Bertz CT molecular complexity index is 4370. The van der Waals surface area contributed by atoms with E-state index >= 15 is 0 Å². The van der Waals surface area contributed by atoms with Crippen LogP contribution in [0, 0.1) is 22.7 Å². The minimum atomic E-state index is -0.413. The monoisotopic (exact) mass is 924 g/mol. The molecule has 0 spiro atoms. The molecular weight excluding hydrogens is 881 g/mol. The second kappa shape index (κ2) is 15.1. The number of nitrogens with zero attached hydrogens (tertiary/aromatic N) is 4. The molecule has 0 bridgehead atoms. The van der Waals surface area contributed by atoms with Gasteiger partial charge in [-0.05, 0) is 141 Å². The summed E-state index contributed by atoms with van der Waals surface area (Å²) in [5.41, 5.74) is 19.7. The molecule has 12 aromatic rings. The van der Waals surface area contributed by atoms with Crippen LogP contribution in [-0.4, -0.2) is 0 Å². The second-order valence-corrected chi connectivity index (χ2v) is 20.2. The third-order valence-corrected chi connectivity index (χ3v) is 15.6. The number of furan rings is 2. The van der Waals surface area contributed by atoms with Crippen molar-refractivity contribution in [1.82, 2.24) is 0 Å². The summed E-state index contributed by atoms with van der Waals surface area (Å²) in [6, 6.07) is 72.4. The summed E-state index contributed by atoms with van der Waals surface area (Å²) in [6.45, 7) is 9.56. The fourth-order valence-electron chi connectivity index (χ4n) is 12.4. The Hall–Kier alpha value is -9.36. The first-order valence-corrected chi connectivity index (χ1v) is 24.4. The number of fused-ring (bicyclic) bond motifs is 15. The molecule has 0 N–H and O–H groups in total. The fraction of sp³-hybridized carbons (Fsp3) is 0.0909. The van der Waals surface area contributed by atoms with Crippen LogP contribution in [0.15, 0.2) is 203 Å². The van der Waals surface area contributed by atoms with Crippen LogP contribution in [0.3, 0.4) is 0 Å². The molecule has 2 aromatic heterocycles. The molecule has 2 aliphatic carbocycles. The minimum absolute atomic E-state index is 0.392. The quantitative estimate of drug-likeness (QED) is 0.165. The summed E-state index contributed by atoms with van der Waals surface area (Å²) in [4.78, 5) is 4.60. The molecule has 72 heavy (non-hydrogen) atoms. The van der Waals surface area contributed by atoms with E-state index in [1.54, 1.807) is 0 Å². The molecule has 6 heteroatoms. The molecule has 2 aliphatic rings. The van der Waals surface area contributed by atoms with Crippen molar-refractivity contribution in [2.45, 2.75) is 38.5 Å². The summed E-state index contributed by atoms with van der Waals surface area (Å²) in [5, 5.41) is 26.2. The Labute approximate surface area is 416 Å². The van der Waals surface area contributed by atoms with Crippen molar-refractivity contribution in [2.75, 3.05) is 9.80 Å². The molecule has 6 nitrogen and oxygen atoms in total. The summed E-state index contributed by atoms with van der Waals surface area (Å²) < 4.78 is 13.4. The number of anilines is 6. The van der Waals surface area contributed by atoms with E-state index in [-0.39, 0.29) is 0 Å². The molecule has 0 atom stereocenters. The van der Waals surface area contributed by atoms with Gasteiger partial charge in [0.05, 0.1) is 40.3 Å². The molecule has 340 valence electrons. The normalized spacial score (nSPS) is 13.8. The maximum Gasteiger partial charge on any atom is 0.159 e. The van der Waals surface area contributed by atoms with E-state index in [1.165, 1.54) is 49.9 Å². The molecule has 0 fully saturated rings. The molecule has 2 heterocycles. The average molecular weight is 925 g/mol.